The molecule has 0 unspecified atom stereocenters. The summed E-state index contributed by atoms with van der Waals surface area (Å²) < 4.78 is 5.54. The molecule has 0 bridgehead atoms. The number of benzene rings is 1. The number of nitrogen functional groups attached to an aromatic ring is 1. The van der Waals surface area contributed by atoms with Crippen LogP contribution in [0.1, 0.15) is 21.6 Å². The number of nitrogens with two attached hydrogens (primary N) is 1. The lowest BCUT2D eigenvalue weighted by Gasteiger charge is -2.07. The van der Waals surface area contributed by atoms with Gasteiger partial charge in [-0.25, -0.2) is 4.79 Å². The lowest BCUT2D eigenvalue weighted by Crippen LogP contribution is -2.06. The normalized spacial score (nSPS) is 10.3. The van der Waals surface area contributed by atoms with E-state index in [4.69, 9.17) is 15.6 Å². The molecule has 0 amide bonds. The summed E-state index contributed by atoms with van der Waals surface area (Å²) in [6.45, 7) is 1.99. The number of hydrogen-bond acceptors (Lipinski definition) is 4. The number of aryl methyl sites for hydroxylation is 1. The van der Waals surface area contributed by atoms with Gasteiger partial charge >= 0.3 is 5.97 Å². The molecule has 1 aromatic heterocycles. The van der Waals surface area contributed by atoms with Crippen LogP contribution in [-0.4, -0.2) is 21.3 Å². The standard InChI is InChI=1S/C12H13N3O3/c1-7-4-2-3-5-9(7)18-6-8-10(12(16)17)11(13)15-14-8/h2-5H,6H2,1H3,(H,16,17)(H3,13,14,15). The van der Waals surface area contributed by atoms with Gasteiger partial charge in [0.25, 0.3) is 0 Å². The first-order valence-corrected chi connectivity index (χ1v) is 5.34. The van der Waals surface area contributed by atoms with Crippen molar-refractivity contribution >= 4 is 11.8 Å². The van der Waals surface area contributed by atoms with Crippen LogP contribution in [-0.2, 0) is 6.61 Å². The summed E-state index contributed by atoms with van der Waals surface area (Å²) in [5.41, 5.74) is 6.75. The molecule has 0 atom stereocenters. The highest BCUT2D eigenvalue weighted by Gasteiger charge is 2.18. The number of carboxylic acid groups (broad SMARTS) is 1. The van der Waals surface area contributed by atoms with Crippen LogP contribution in [0.4, 0.5) is 5.82 Å². The van der Waals surface area contributed by atoms with E-state index in [0.29, 0.717) is 11.4 Å². The highest BCUT2D eigenvalue weighted by Crippen LogP contribution is 2.20. The lowest BCUT2D eigenvalue weighted by atomic mass is 10.2. The third kappa shape index (κ3) is 2.27. The maximum Gasteiger partial charge on any atom is 0.341 e. The minimum atomic E-state index is -1.12. The molecule has 0 aliphatic carbocycles. The van der Waals surface area contributed by atoms with E-state index < -0.39 is 5.97 Å². The highest BCUT2D eigenvalue weighted by molar-refractivity contribution is 5.93. The summed E-state index contributed by atoms with van der Waals surface area (Å²) >= 11 is 0. The first kappa shape index (κ1) is 12.0. The molecule has 0 aliphatic rings. The van der Waals surface area contributed by atoms with E-state index in [2.05, 4.69) is 10.2 Å². The highest BCUT2D eigenvalue weighted by atomic mass is 16.5. The second kappa shape index (κ2) is 4.79. The van der Waals surface area contributed by atoms with Crippen molar-refractivity contribution in [3.05, 3.63) is 41.1 Å². The molecule has 1 aromatic carbocycles. The minimum absolute atomic E-state index is 0.0362. The smallest absolute Gasteiger partial charge is 0.341 e. The van der Waals surface area contributed by atoms with Crippen LogP contribution in [0.15, 0.2) is 24.3 Å². The SMILES string of the molecule is Cc1ccccc1OCc1[nH]nc(N)c1C(=O)O. The van der Waals surface area contributed by atoms with Crippen molar-refractivity contribution in [2.45, 2.75) is 13.5 Å². The molecule has 1 heterocycles. The average molecular weight is 247 g/mol. The Balaban J connectivity index is 2.16. The molecule has 0 radical (unpaired) electrons. The summed E-state index contributed by atoms with van der Waals surface area (Å²) in [6, 6.07) is 7.48. The third-order valence-electron chi connectivity index (χ3n) is 2.55. The fraction of sp³-hybridized carbons (Fsp3) is 0.167. The zero-order valence-corrected chi connectivity index (χ0v) is 9.80. The molecule has 0 aliphatic heterocycles. The third-order valence-corrected chi connectivity index (χ3v) is 2.55. The molecule has 0 fully saturated rings. The van der Waals surface area contributed by atoms with Gasteiger partial charge in [0.15, 0.2) is 5.82 Å². The molecular formula is C12H13N3O3. The fourth-order valence-electron chi connectivity index (χ4n) is 1.61. The van der Waals surface area contributed by atoms with Crippen LogP contribution in [0.5, 0.6) is 5.75 Å². The fourth-order valence-corrected chi connectivity index (χ4v) is 1.61. The number of H-pyrrole nitrogens is 1. The number of anilines is 1. The number of aromatic amines is 1. The average Bonchev–Trinajstić information content (AvgIpc) is 2.69. The molecular weight excluding hydrogens is 234 g/mol. The largest absolute Gasteiger partial charge is 0.487 e. The Morgan fingerprint density at radius 3 is 2.89 bits per heavy atom. The number of aromatic nitrogens is 2. The maximum absolute atomic E-state index is 11.0. The van der Waals surface area contributed by atoms with Gasteiger partial charge in [0, 0.05) is 0 Å². The summed E-state index contributed by atoms with van der Waals surface area (Å²) in [6.07, 6.45) is 0. The van der Waals surface area contributed by atoms with E-state index >= 15 is 0 Å². The molecule has 6 heteroatoms. The van der Waals surface area contributed by atoms with E-state index in [-0.39, 0.29) is 18.0 Å². The van der Waals surface area contributed by atoms with Crippen LogP contribution < -0.4 is 10.5 Å². The first-order valence-electron chi connectivity index (χ1n) is 5.34. The Morgan fingerprint density at radius 2 is 2.22 bits per heavy atom. The topological polar surface area (TPSA) is 101 Å². The van der Waals surface area contributed by atoms with E-state index in [1.807, 2.05) is 31.2 Å². The van der Waals surface area contributed by atoms with E-state index in [9.17, 15) is 4.79 Å². The lowest BCUT2D eigenvalue weighted by molar-refractivity contribution is 0.0695. The van der Waals surface area contributed by atoms with Gasteiger partial charge < -0.3 is 15.6 Å². The molecule has 18 heavy (non-hydrogen) atoms. The molecule has 94 valence electrons. The number of carbonyl (C=O) groups is 1. The molecule has 4 N–H and O–H groups in total. The van der Waals surface area contributed by atoms with Gasteiger partial charge in [-0.15, -0.1) is 0 Å². The zero-order chi connectivity index (χ0) is 13.1. The second-order valence-electron chi connectivity index (χ2n) is 3.82. The molecule has 0 saturated carbocycles. The van der Waals surface area contributed by atoms with Gasteiger partial charge in [-0.1, -0.05) is 18.2 Å². The quantitative estimate of drug-likeness (QED) is 0.761. The Kier molecular flexibility index (Phi) is 3.18. The van der Waals surface area contributed by atoms with Crippen molar-refractivity contribution in [3.8, 4) is 5.75 Å². The Bertz CT molecular complexity index is 578. The molecule has 2 aromatic rings. The Hall–Kier alpha value is -2.50. The Morgan fingerprint density at radius 1 is 1.50 bits per heavy atom. The minimum Gasteiger partial charge on any atom is -0.487 e. The predicted octanol–water partition coefficient (Wildman–Crippen LogP) is 1.58. The molecule has 6 nitrogen and oxygen atoms in total. The van der Waals surface area contributed by atoms with Crippen molar-refractivity contribution in [1.29, 1.82) is 0 Å². The summed E-state index contributed by atoms with van der Waals surface area (Å²) in [4.78, 5) is 11.0. The number of rotatable bonds is 4. The van der Waals surface area contributed by atoms with Gasteiger partial charge in [0.2, 0.25) is 0 Å². The van der Waals surface area contributed by atoms with E-state index in [0.717, 1.165) is 5.56 Å². The second-order valence-corrected chi connectivity index (χ2v) is 3.82. The van der Waals surface area contributed by atoms with Gasteiger partial charge in [-0.05, 0) is 18.6 Å². The van der Waals surface area contributed by atoms with Gasteiger partial charge in [-0.3, -0.25) is 5.10 Å². The van der Waals surface area contributed by atoms with Crippen molar-refractivity contribution in [2.75, 3.05) is 5.73 Å². The number of ether oxygens (including phenoxy) is 1. The monoisotopic (exact) mass is 247 g/mol. The van der Waals surface area contributed by atoms with Crippen molar-refractivity contribution < 1.29 is 14.6 Å². The van der Waals surface area contributed by atoms with Gasteiger partial charge in [0.05, 0.1) is 5.69 Å². The maximum atomic E-state index is 11.0. The zero-order valence-electron chi connectivity index (χ0n) is 9.80. The number of hydrogen-bond donors (Lipinski definition) is 3. The number of nitrogens with zero attached hydrogens (tertiary/aromatic N) is 1. The number of para-hydroxylation sites is 1. The predicted molar refractivity (Wildman–Crippen MR) is 65.5 cm³/mol. The summed E-state index contributed by atoms with van der Waals surface area (Å²) in [5.74, 6) is -0.461. The van der Waals surface area contributed by atoms with Gasteiger partial charge in [-0.2, -0.15) is 5.10 Å². The van der Waals surface area contributed by atoms with E-state index in [1.54, 1.807) is 0 Å². The van der Waals surface area contributed by atoms with Crippen LogP contribution in [0.2, 0.25) is 0 Å². The van der Waals surface area contributed by atoms with Crippen molar-refractivity contribution in [3.63, 3.8) is 0 Å². The molecule has 0 saturated heterocycles. The van der Waals surface area contributed by atoms with Crippen LogP contribution in [0.25, 0.3) is 0 Å². The van der Waals surface area contributed by atoms with Crippen LogP contribution in [0, 0.1) is 6.92 Å². The van der Waals surface area contributed by atoms with Crippen molar-refractivity contribution in [2.24, 2.45) is 0 Å². The number of nitrogens with one attached hydrogen (secondary N) is 1. The van der Waals surface area contributed by atoms with E-state index in [1.165, 1.54) is 0 Å². The summed E-state index contributed by atoms with van der Waals surface area (Å²) in [5, 5.41) is 15.2. The number of aromatic carboxylic acids is 1. The first-order chi connectivity index (χ1) is 8.59. The number of carboxylic acids is 1. The van der Waals surface area contributed by atoms with Gasteiger partial charge in [0.1, 0.15) is 17.9 Å². The van der Waals surface area contributed by atoms with Crippen LogP contribution in [0.3, 0.4) is 0 Å². The summed E-state index contributed by atoms with van der Waals surface area (Å²) in [7, 11) is 0. The molecule has 2 rings (SSSR count). The van der Waals surface area contributed by atoms with Crippen molar-refractivity contribution in [1.82, 2.24) is 10.2 Å². The van der Waals surface area contributed by atoms with Crippen LogP contribution >= 0.6 is 0 Å². The molecule has 0 spiro atoms. The Labute approximate surface area is 103 Å².